The highest BCUT2D eigenvalue weighted by atomic mass is 16.5. The number of hydrogen-bond acceptors (Lipinski definition) is 4. The first-order valence-electron chi connectivity index (χ1n) is 24.8. The van der Waals surface area contributed by atoms with Crippen LogP contribution in [0.4, 0.5) is 34.1 Å². The van der Waals surface area contributed by atoms with Crippen molar-refractivity contribution in [2.24, 2.45) is 0 Å². The van der Waals surface area contributed by atoms with Gasteiger partial charge in [-0.1, -0.05) is 185 Å². The van der Waals surface area contributed by atoms with Crippen molar-refractivity contribution in [3.8, 4) is 56.0 Å². The summed E-state index contributed by atoms with van der Waals surface area (Å²) in [6.07, 6.45) is 0.966. The van der Waals surface area contributed by atoms with E-state index in [2.05, 4.69) is 279 Å². The van der Waals surface area contributed by atoms with Crippen molar-refractivity contribution >= 4 is 34.1 Å². The Bertz CT molecular complexity index is 3470. The van der Waals surface area contributed by atoms with Gasteiger partial charge in [-0.2, -0.15) is 0 Å². The summed E-state index contributed by atoms with van der Waals surface area (Å²) in [5, 5.41) is 0. The smallest absolute Gasteiger partial charge is 0.126 e. The first-order valence-corrected chi connectivity index (χ1v) is 24.8. The SMILES string of the molecule is COc1ccc(N(c2ccc(-c3ccccc3)cc2)c2ccc(C3(C)CC(C)(C)c4ccc(N(c5ccc(-c6ccccc6)cc5)c5ccc(OC)c(-c6ccccc6)c5)cc43)cc2)cc1-c1ccccc1. The topological polar surface area (TPSA) is 24.9 Å². The fraction of sp³-hybridized carbons (Fsp3) is 0.118. The lowest BCUT2D eigenvalue weighted by molar-refractivity contribution is 0.416. The minimum atomic E-state index is -0.284. The lowest BCUT2D eigenvalue weighted by atomic mass is 9.75. The Morgan fingerprint density at radius 3 is 1.07 bits per heavy atom. The van der Waals surface area contributed by atoms with Gasteiger partial charge in [-0.05, 0) is 147 Å². The van der Waals surface area contributed by atoms with Crippen LogP contribution >= 0.6 is 0 Å². The van der Waals surface area contributed by atoms with Crippen LogP contribution in [-0.2, 0) is 10.8 Å². The molecule has 1 unspecified atom stereocenters. The van der Waals surface area contributed by atoms with Crippen LogP contribution in [0, 0.1) is 0 Å². The molecule has 4 nitrogen and oxygen atoms in total. The molecule has 0 aliphatic heterocycles. The fourth-order valence-electron chi connectivity index (χ4n) is 11.1. The highest BCUT2D eigenvalue weighted by molar-refractivity contribution is 5.86. The molecule has 0 saturated carbocycles. The molecule has 0 N–H and O–H groups in total. The van der Waals surface area contributed by atoms with Gasteiger partial charge in [0.1, 0.15) is 11.5 Å². The minimum absolute atomic E-state index is 0.0620. The van der Waals surface area contributed by atoms with Crippen LogP contribution in [0.1, 0.15) is 43.9 Å². The molecule has 11 rings (SSSR count). The van der Waals surface area contributed by atoms with Crippen LogP contribution in [0.25, 0.3) is 44.5 Å². The van der Waals surface area contributed by atoms with Crippen molar-refractivity contribution in [2.45, 2.75) is 38.0 Å². The van der Waals surface area contributed by atoms with Gasteiger partial charge in [0.2, 0.25) is 0 Å². The third kappa shape index (κ3) is 8.71. The summed E-state index contributed by atoms with van der Waals surface area (Å²) < 4.78 is 11.9. The molecular formula is C68H58N2O2. The molecule has 72 heavy (non-hydrogen) atoms. The molecule has 10 aromatic rings. The predicted molar refractivity (Wildman–Crippen MR) is 301 cm³/mol. The summed E-state index contributed by atoms with van der Waals surface area (Å²) in [5.41, 5.74) is 19.1. The second-order valence-electron chi connectivity index (χ2n) is 19.7. The van der Waals surface area contributed by atoms with E-state index in [0.29, 0.717) is 0 Å². The van der Waals surface area contributed by atoms with E-state index < -0.39 is 0 Å². The number of rotatable bonds is 13. The summed E-state index contributed by atoms with van der Waals surface area (Å²) in [6, 6.07) is 89.5. The first kappa shape index (κ1) is 45.8. The standard InChI is InChI=1S/C68H58N2O2/c1-67(2)47-68(3,54-30-36-57(37-31-54)69(55-32-26-50(27-33-55)48-18-10-6-11-19-48)58-39-42-65(71-4)61(44-58)52-22-14-8-15-23-52)64-46-60(38-41-63(64)67)70(56-34-28-51(29-35-56)49-20-12-7-13-21-49)59-40-43-66(72-5)62(45-59)53-24-16-9-17-25-53/h6-46H,47H2,1-5H3. The maximum Gasteiger partial charge on any atom is 0.126 e. The molecule has 4 heteroatoms. The maximum absolute atomic E-state index is 5.97. The molecule has 352 valence electrons. The molecule has 10 aromatic carbocycles. The Hall–Kier alpha value is -8.60. The lowest BCUT2D eigenvalue weighted by Gasteiger charge is -2.31. The first-order chi connectivity index (χ1) is 35.2. The Labute approximate surface area is 425 Å². The van der Waals surface area contributed by atoms with Gasteiger partial charge in [0.25, 0.3) is 0 Å². The average molecular weight is 935 g/mol. The van der Waals surface area contributed by atoms with E-state index in [1.54, 1.807) is 14.2 Å². The van der Waals surface area contributed by atoms with Crippen molar-refractivity contribution in [1.29, 1.82) is 0 Å². The Balaban J connectivity index is 1.01. The van der Waals surface area contributed by atoms with Gasteiger partial charge in [-0.25, -0.2) is 0 Å². The molecular weight excluding hydrogens is 877 g/mol. The van der Waals surface area contributed by atoms with E-state index in [4.69, 9.17) is 9.47 Å². The molecule has 0 radical (unpaired) electrons. The molecule has 1 aliphatic rings. The molecule has 0 aromatic heterocycles. The summed E-state index contributed by atoms with van der Waals surface area (Å²) in [7, 11) is 3.49. The van der Waals surface area contributed by atoms with E-state index >= 15 is 0 Å². The fourth-order valence-corrected chi connectivity index (χ4v) is 11.1. The number of hydrogen-bond donors (Lipinski definition) is 0. The monoisotopic (exact) mass is 934 g/mol. The second kappa shape index (κ2) is 19.3. The third-order valence-corrected chi connectivity index (χ3v) is 14.7. The molecule has 0 spiro atoms. The summed E-state index contributed by atoms with van der Waals surface area (Å²) in [5.74, 6) is 1.67. The predicted octanol–water partition coefficient (Wildman–Crippen LogP) is 18.3. The third-order valence-electron chi connectivity index (χ3n) is 14.7. The van der Waals surface area contributed by atoms with Gasteiger partial charge in [0.15, 0.2) is 0 Å². The molecule has 1 aliphatic carbocycles. The quantitative estimate of drug-likeness (QED) is 0.115. The van der Waals surface area contributed by atoms with E-state index in [1.165, 1.54) is 38.9 Å². The van der Waals surface area contributed by atoms with Crippen LogP contribution in [0.3, 0.4) is 0 Å². The Kier molecular flexibility index (Phi) is 12.3. The van der Waals surface area contributed by atoms with E-state index in [9.17, 15) is 0 Å². The molecule has 0 saturated heterocycles. The average Bonchev–Trinajstić information content (AvgIpc) is 3.66. The molecule has 0 heterocycles. The normalized spacial score (nSPS) is 14.6. The van der Waals surface area contributed by atoms with Gasteiger partial charge in [-0.3, -0.25) is 0 Å². The van der Waals surface area contributed by atoms with E-state index in [-0.39, 0.29) is 10.8 Å². The minimum Gasteiger partial charge on any atom is -0.496 e. The number of ether oxygens (including phenoxy) is 2. The second-order valence-corrected chi connectivity index (χ2v) is 19.7. The molecule has 0 fully saturated rings. The molecule has 0 bridgehead atoms. The van der Waals surface area contributed by atoms with Crippen LogP contribution in [-0.4, -0.2) is 14.2 Å². The number of anilines is 6. The zero-order valence-electron chi connectivity index (χ0n) is 41.6. The number of methoxy groups -OCH3 is 2. The van der Waals surface area contributed by atoms with Gasteiger partial charge in [-0.15, -0.1) is 0 Å². The number of nitrogens with zero attached hydrogens (tertiary/aromatic N) is 2. The van der Waals surface area contributed by atoms with Gasteiger partial charge < -0.3 is 19.3 Å². The zero-order chi connectivity index (χ0) is 49.2. The molecule has 1 atom stereocenters. The lowest BCUT2D eigenvalue weighted by Crippen LogP contribution is -2.23. The van der Waals surface area contributed by atoms with Crippen LogP contribution < -0.4 is 19.3 Å². The van der Waals surface area contributed by atoms with Crippen molar-refractivity contribution < 1.29 is 9.47 Å². The number of benzene rings is 10. The highest BCUT2D eigenvalue weighted by Gasteiger charge is 2.46. The van der Waals surface area contributed by atoms with Gasteiger partial charge in [0, 0.05) is 50.7 Å². The van der Waals surface area contributed by atoms with Crippen LogP contribution in [0.2, 0.25) is 0 Å². The van der Waals surface area contributed by atoms with Crippen LogP contribution in [0.5, 0.6) is 11.5 Å². The van der Waals surface area contributed by atoms with Gasteiger partial charge >= 0.3 is 0 Å². The van der Waals surface area contributed by atoms with E-state index in [1.807, 2.05) is 0 Å². The number of fused-ring (bicyclic) bond motifs is 1. The maximum atomic E-state index is 5.97. The van der Waals surface area contributed by atoms with Crippen molar-refractivity contribution in [3.63, 3.8) is 0 Å². The summed E-state index contributed by atoms with van der Waals surface area (Å²) in [4.78, 5) is 4.76. The Morgan fingerprint density at radius 2 is 0.653 bits per heavy atom. The van der Waals surface area contributed by atoms with Crippen molar-refractivity contribution in [3.05, 3.63) is 265 Å². The summed E-state index contributed by atoms with van der Waals surface area (Å²) in [6.45, 7) is 7.24. The highest BCUT2D eigenvalue weighted by Crippen LogP contribution is 2.55. The zero-order valence-corrected chi connectivity index (χ0v) is 41.6. The van der Waals surface area contributed by atoms with Gasteiger partial charge in [0.05, 0.1) is 14.2 Å². The Morgan fingerprint density at radius 1 is 0.319 bits per heavy atom. The molecule has 0 amide bonds. The largest absolute Gasteiger partial charge is 0.496 e. The van der Waals surface area contributed by atoms with Crippen molar-refractivity contribution in [1.82, 2.24) is 0 Å². The summed E-state index contributed by atoms with van der Waals surface area (Å²) >= 11 is 0. The van der Waals surface area contributed by atoms with E-state index in [0.717, 1.165) is 74.3 Å². The van der Waals surface area contributed by atoms with Crippen LogP contribution in [0.15, 0.2) is 249 Å². The van der Waals surface area contributed by atoms with Crippen molar-refractivity contribution in [2.75, 3.05) is 24.0 Å².